The van der Waals surface area contributed by atoms with E-state index in [1.807, 2.05) is 0 Å². The van der Waals surface area contributed by atoms with Crippen LogP contribution in [0.25, 0.3) is 0 Å². The molecule has 1 fully saturated rings. The van der Waals surface area contributed by atoms with Crippen LogP contribution in [0.1, 0.15) is 17.9 Å². The molecule has 0 bridgehead atoms. The van der Waals surface area contributed by atoms with Crippen LogP contribution in [0.4, 0.5) is 4.39 Å². The third kappa shape index (κ3) is 2.30. The number of hydrogen-bond donors (Lipinski definition) is 0. The van der Waals surface area contributed by atoms with Crippen LogP contribution in [-0.4, -0.2) is 24.8 Å². The second-order valence-corrected chi connectivity index (χ2v) is 4.77. The van der Waals surface area contributed by atoms with Gasteiger partial charge in [0.2, 0.25) is 0 Å². The molecular weight excluding hydrogens is 217 g/mol. The standard InChI is InChI=1S/C11H13ClFNO/c1-14(15)5-4-9(7-14)8-2-3-10(12)11(13)6-8/h2-3,6,9H,4-5,7H2,1H3. The molecule has 2 atom stereocenters. The van der Waals surface area contributed by atoms with Gasteiger partial charge in [0, 0.05) is 12.3 Å². The lowest BCUT2D eigenvalue weighted by molar-refractivity contribution is -0.848. The molecule has 1 aromatic carbocycles. The third-order valence-corrected chi connectivity index (χ3v) is 3.28. The number of halogens is 2. The van der Waals surface area contributed by atoms with Crippen molar-refractivity contribution in [2.45, 2.75) is 12.3 Å². The van der Waals surface area contributed by atoms with E-state index in [2.05, 4.69) is 0 Å². The Morgan fingerprint density at radius 2 is 2.27 bits per heavy atom. The minimum atomic E-state index is -0.402. The Labute approximate surface area is 93.4 Å². The highest BCUT2D eigenvalue weighted by Crippen LogP contribution is 2.31. The average molecular weight is 230 g/mol. The van der Waals surface area contributed by atoms with Gasteiger partial charge in [-0.15, -0.1) is 0 Å². The molecule has 1 aromatic rings. The first-order chi connectivity index (χ1) is 6.98. The summed E-state index contributed by atoms with van der Waals surface area (Å²) in [5.41, 5.74) is 0.884. The number of hydrogen-bond acceptors (Lipinski definition) is 1. The van der Waals surface area contributed by atoms with E-state index in [1.54, 1.807) is 19.2 Å². The number of nitrogens with zero attached hydrogens (tertiary/aromatic N) is 1. The van der Waals surface area contributed by atoms with Gasteiger partial charge in [-0.3, -0.25) is 0 Å². The molecule has 2 rings (SSSR count). The fourth-order valence-corrected chi connectivity index (χ4v) is 2.23. The van der Waals surface area contributed by atoms with Crippen LogP contribution >= 0.6 is 11.6 Å². The van der Waals surface area contributed by atoms with Gasteiger partial charge in [0.1, 0.15) is 5.82 Å². The highest BCUT2D eigenvalue weighted by Gasteiger charge is 2.29. The number of likely N-dealkylation sites (tertiary alicyclic amines) is 1. The second kappa shape index (κ2) is 3.74. The number of benzene rings is 1. The van der Waals surface area contributed by atoms with Gasteiger partial charge < -0.3 is 9.85 Å². The van der Waals surface area contributed by atoms with E-state index in [-0.39, 0.29) is 15.6 Å². The highest BCUT2D eigenvalue weighted by molar-refractivity contribution is 6.30. The van der Waals surface area contributed by atoms with Crippen LogP contribution in [0, 0.1) is 11.0 Å². The molecular formula is C11H13ClFNO. The maximum atomic E-state index is 13.2. The zero-order chi connectivity index (χ0) is 11.1. The lowest BCUT2D eigenvalue weighted by Gasteiger charge is -2.33. The summed E-state index contributed by atoms with van der Waals surface area (Å²) in [5.74, 6) is -0.236. The Morgan fingerprint density at radius 1 is 1.53 bits per heavy atom. The Morgan fingerprint density at radius 3 is 2.80 bits per heavy atom. The van der Waals surface area contributed by atoms with Crippen molar-refractivity contribution in [3.63, 3.8) is 0 Å². The molecule has 1 heterocycles. The van der Waals surface area contributed by atoms with E-state index in [1.165, 1.54) is 6.07 Å². The smallest absolute Gasteiger partial charge is 0.142 e. The Hall–Kier alpha value is -0.640. The number of likely N-dealkylation sites (N-methyl/N-ethyl adjacent to an activating group) is 1. The summed E-state index contributed by atoms with van der Waals surface area (Å²) in [5, 5.41) is 11.8. The molecule has 0 saturated carbocycles. The van der Waals surface area contributed by atoms with Crippen LogP contribution < -0.4 is 0 Å². The maximum absolute atomic E-state index is 13.2. The molecule has 1 aliphatic heterocycles. The molecule has 0 aromatic heterocycles. The fourth-order valence-electron chi connectivity index (χ4n) is 2.12. The first-order valence-corrected chi connectivity index (χ1v) is 5.36. The van der Waals surface area contributed by atoms with Crippen LogP contribution in [0.3, 0.4) is 0 Å². The highest BCUT2D eigenvalue weighted by atomic mass is 35.5. The number of rotatable bonds is 1. The predicted octanol–water partition coefficient (Wildman–Crippen LogP) is 2.91. The zero-order valence-corrected chi connectivity index (χ0v) is 9.30. The van der Waals surface area contributed by atoms with Crippen LogP contribution in [0.5, 0.6) is 0 Å². The van der Waals surface area contributed by atoms with Crippen molar-refractivity contribution < 1.29 is 9.04 Å². The first-order valence-electron chi connectivity index (χ1n) is 4.98. The van der Waals surface area contributed by atoms with E-state index in [4.69, 9.17) is 11.6 Å². The van der Waals surface area contributed by atoms with Crippen LogP contribution in [0.15, 0.2) is 18.2 Å². The molecule has 0 N–H and O–H groups in total. The van der Waals surface area contributed by atoms with Crippen molar-refractivity contribution in [2.75, 3.05) is 20.1 Å². The SMILES string of the molecule is C[N+]1([O-])CCC(c2ccc(Cl)c(F)c2)C1. The summed E-state index contributed by atoms with van der Waals surface area (Å²) in [4.78, 5) is 0. The van der Waals surface area contributed by atoms with Gasteiger partial charge in [-0.2, -0.15) is 0 Å². The van der Waals surface area contributed by atoms with Crippen molar-refractivity contribution >= 4 is 11.6 Å². The summed E-state index contributed by atoms with van der Waals surface area (Å²) < 4.78 is 13.0. The topological polar surface area (TPSA) is 23.1 Å². The molecule has 1 saturated heterocycles. The van der Waals surface area contributed by atoms with Gasteiger partial charge in [-0.1, -0.05) is 17.7 Å². The van der Waals surface area contributed by atoms with Crippen LogP contribution in [-0.2, 0) is 0 Å². The quantitative estimate of drug-likeness (QED) is 0.536. The summed E-state index contributed by atoms with van der Waals surface area (Å²) in [6, 6.07) is 4.80. The molecule has 2 unspecified atom stereocenters. The molecule has 2 nitrogen and oxygen atoms in total. The summed E-state index contributed by atoms with van der Waals surface area (Å²) in [6.45, 7) is 1.13. The Bertz CT molecular complexity index is 381. The van der Waals surface area contributed by atoms with Gasteiger partial charge in [0.05, 0.1) is 25.2 Å². The fraction of sp³-hybridized carbons (Fsp3) is 0.455. The normalized spacial score (nSPS) is 30.8. The maximum Gasteiger partial charge on any atom is 0.142 e. The first kappa shape index (κ1) is 10.9. The van der Waals surface area contributed by atoms with E-state index >= 15 is 0 Å². The Balaban J connectivity index is 2.21. The minimum Gasteiger partial charge on any atom is -0.633 e. The summed E-state index contributed by atoms with van der Waals surface area (Å²) >= 11 is 5.60. The van der Waals surface area contributed by atoms with Gasteiger partial charge >= 0.3 is 0 Å². The van der Waals surface area contributed by atoms with Crippen molar-refractivity contribution in [3.8, 4) is 0 Å². The van der Waals surface area contributed by atoms with E-state index < -0.39 is 5.82 Å². The van der Waals surface area contributed by atoms with Crippen molar-refractivity contribution in [3.05, 3.63) is 39.8 Å². The molecule has 1 aliphatic rings. The lowest BCUT2D eigenvalue weighted by Crippen LogP contribution is -2.34. The molecule has 0 spiro atoms. The molecule has 82 valence electrons. The largest absolute Gasteiger partial charge is 0.633 e. The number of quaternary nitrogens is 1. The van der Waals surface area contributed by atoms with E-state index in [0.29, 0.717) is 13.1 Å². The molecule has 0 aliphatic carbocycles. The lowest BCUT2D eigenvalue weighted by atomic mass is 9.98. The predicted molar refractivity (Wildman–Crippen MR) is 58.1 cm³/mol. The summed E-state index contributed by atoms with van der Waals surface area (Å²) in [6.07, 6.45) is 0.821. The monoisotopic (exact) mass is 229 g/mol. The van der Waals surface area contributed by atoms with E-state index in [9.17, 15) is 9.60 Å². The average Bonchev–Trinajstić information content (AvgIpc) is 2.51. The van der Waals surface area contributed by atoms with Crippen molar-refractivity contribution in [1.29, 1.82) is 0 Å². The molecule has 0 radical (unpaired) electrons. The van der Waals surface area contributed by atoms with Gasteiger partial charge in [0.25, 0.3) is 0 Å². The van der Waals surface area contributed by atoms with Crippen LogP contribution in [0.2, 0.25) is 5.02 Å². The molecule has 4 heteroatoms. The minimum absolute atomic E-state index is 0.135. The molecule has 15 heavy (non-hydrogen) atoms. The number of hydroxylamine groups is 3. The zero-order valence-electron chi connectivity index (χ0n) is 8.54. The van der Waals surface area contributed by atoms with Crippen molar-refractivity contribution in [2.24, 2.45) is 0 Å². The Kier molecular flexibility index (Phi) is 2.71. The third-order valence-electron chi connectivity index (χ3n) is 2.97. The second-order valence-electron chi connectivity index (χ2n) is 4.36. The molecule has 0 amide bonds. The van der Waals surface area contributed by atoms with E-state index in [0.717, 1.165) is 12.0 Å². The summed E-state index contributed by atoms with van der Waals surface area (Å²) in [7, 11) is 1.66. The van der Waals surface area contributed by atoms with Gasteiger partial charge in [0.15, 0.2) is 0 Å². The van der Waals surface area contributed by atoms with Gasteiger partial charge in [-0.05, 0) is 17.7 Å². The van der Waals surface area contributed by atoms with Gasteiger partial charge in [-0.25, -0.2) is 4.39 Å². The van der Waals surface area contributed by atoms with Crippen molar-refractivity contribution in [1.82, 2.24) is 0 Å².